The first-order chi connectivity index (χ1) is 14.2. The summed E-state index contributed by atoms with van der Waals surface area (Å²) in [6.07, 6.45) is 13.7. The van der Waals surface area contributed by atoms with Crippen molar-refractivity contribution in [1.29, 1.82) is 0 Å². The van der Waals surface area contributed by atoms with Gasteiger partial charge in [-0.05, 0) is 43.7 Å². The quantitative estimate of drug-likeness (QED) is 0.584. The second-order valence-corrected chi connectivity index (χ2v) is 8.64. The van der Waals surface area contributed by atoms with E-state index in [1.165, 1.54) is 44.1 Å². The summed E-state index contributed by atoms with van der Waals surface area (Å²) in [5.41, 5.74) is 1.61. The number of carbonyl (C=O) groups is 1. The minimum Gasteiger partial charge on any atom is -0.457 e. The number of amides is 1. The summed E-state index contributed by atoms with van der Waals surface area (Å²) in [6, 6.07) is 4.50. The fraction of sp³-hybridized carbons (Fsp3) is 0.667. The highest BCUT2D eigenvalue weighted by atomic mass is 16.5. The van der Waals surface area contributed by atoms with E-state index in [4.69, 9.17) is 8.94 Å². The van der Waals surface area contributed by atoms with Crippen molar-refractivity contribution >= 4 is 5.91 Å². The van der Waals surface area contributed by atoms with Crippen molar-refractivity contribution < 1.29 is 13.7 Å². The van der Waals surface area contributed by atoms with E-state index < -0.39 is 0 Å². The van der Waals surface area contributed by atoms with E-state index in [0.717, 1.165) is 44.3 Å². The van der Waals surface area contributed by atoms with Crippen LogP contribution in [0.1, 0.15) is 99.9 Å². The third-order valence-corrected chi connectivity index (χ3v) is 6.74. The zero-order valence-electron chi connectivity index (χ0n) is 17.9. The molecule has 1 amide bonds. The number of hydrogen-bond donors (Lipinski definition) is 0. The maximum Gasteiger partial charge on any atom is 0.276 e. The summed E-state index contributed by atoms with van der Waals surface area (Å²) in [4.78, 5) is 15.7. The lowest BCUT2D eigenvalue weighted by Gasteiger charge is -2.41. The molecule has 0 unspecified atom stereocenters. The summed E-state index contributed by atoms with van der Waals surface area (Å²) < 4.78 is 11.5. The molecule has 2 heterocycles. The molecule has 0 aliphatic heterocycles. The molecule has 2 aromatic rings. The largest absolute Gasteiger partial charge is 0.457 e. The van der Waals surface area contributed by atoms with E-state index in [-0.39, 0.29) is 5.91 Å². The highest BCUT2D eigenvalue weighted by Gasteiger charge is 2.34. The van der Waals surface area contributed by atoms with Crippen LogP contribution in [0.5, 0.6) is 0 Å². The molecule has 2 aliphatic rings. The minimum atomic E-state index is 0.0387. The number of aryl methyl sites for hydroxylation is 2. The van der Waals surface area contributed by atoms with Gasteiger partial charge >= 0.3 is 0 Å². The van der Waals surface area contributed by atoms with Crippen LogP contribution in [-0.2, 0) is 12.8 Å². The molecular weight excluding hydrogens is 364 g/mol. The predicted octanol–water partition coefficient (Wildman–Crippen LogP) is 6.17. The Bertz CT molecular complexity index is 770. The number of furan rings is 1. The Kier molecular flexibility index (Phi) is 6.41. The van der Waals surface area contributed by atoms with E-state index in [1.54, 1.807) is 6.07 Å². The molecule has 0 atom stereocenters. The lowest BCUT2D eigenvalue weighted by atomic mass is 9.88. The molecule has 2 fully saturated rings. The number of rotatable bonds is 6. The van der Waals surface area contributed by atoms with E-state index in [9.17, 15) is 4.79 Å². The van der Waals surface area contributed by atoms with Crippen LogP contribution >= 0.6 is 0 Å². The Labute approximate surface area is 173 Å². The van der Waals surface area contributed by atoms with Crippen molar-refractivity contribution in [3.8, 4) is 11.5 Å². The normalized spacial score (nSPS) is 18.8. The molecule has 0 spiro atoms. The van der Waals surface area contributed by atoms with Crippen molar-refractivity contribution in [2.75, 3.05) is 0 Å². The van der Waals surface area contributed by atoms with E-state index in [0.29, 0.717) is 29.3 Å². The van der Waals surface area contributed by atoms with Gasteiger partial charge in [0.1, 0.15) is 5.76 Å². The van der Waals surface area contributed by atoms with E-state index in [2.05, 4.69) is 23.9 Å². The van der Waals surface area contributed by atoms with Gasteiger partial charge in [-0.2, -0.15) is 0 Å². The number of hydrogen-bond acceptors (Lipinski definition) is 4. The first-order valence-corrected chi connectivity index (χ1v) is 11.6. The van der Waals surface area contributed by atoms with Gasteiger partial charge in [-0.3, -0.25) is 4.79 Å². The summed E-state index contributed by atoms with van der Waals surface area (Å²) >= 11 is 0. The Morgan fingerprint density at radius 3 is 2.07 bits per heavy atom. The lowest BCUT2D eigenvalue weighted by molar-refractivity contribution is 0.0438. The zero-order chi connectivity index (χ0) is 20.2. The topological polar surface area (TPSA) is 59.5 Å². The van der Waals surface area contributed by atoms with Gasteiger partial charge in [0, 0.05) is 24.6 Å². The van der Waals surface area contributed by atoms with Crippen molar-refractivity contribution in [3.63, 3.8) is 0 Å². The number of aromatic nitrogens is 1. The maximum absolute atomic E-state index is 13.5. The predicted molar refractivity (Wildman–Crippen MR) is 113 cm³/mol. The van der Waals surface area contributed by atoms with Crippen LogP contribution in [0.3, 0.4) is 0 Å². The molecule has 2 saturated carbocycles. The first-order valence-electron chi connectivity index (χ1n) is 11.6. The smallest absolute Gasteiger partial charge is 0.276 e. The number of carbonyl (C=O) groups excluding carboxylic acids is 1. The van der Waals surface area contributed by atoms with Crippen molar-refractivity contribution in [2.45, 2.75) is 103 Å². The van der Waals surface area contributed by atoms with Gasteiger partial charge in [-0.15, -0.1) is 0 Å². The second kappa shape index (κ2) is 9.19. The van der Waals surface area contributed by atoms with E-state index in [1.807, 2.05) is 6.07 Å². The summed E-state index contributed by atoms with van der Waals surface area (Å²) in [7, 11) is 0. The zero-order valence-corrected chi connectivity index (χ0v) is 17.9. The molecule has 0 N–H and O–H groups in total. The fourth-order valence-corrected chi connectivity index (χ4v) is 5.16. The van der Waals surface area contributed by atoms with Crippen LogP contribution in [0.2, 0.25) is 0 Å². The Morgan fingerprint density at radius 1 is 0.931 bits per heavy atom. The van der Waals surface area contributed by atoms with Crippen LogP contribution in [0, 0.1) is 0 Å². The monoisotopic (exact) mass is 398 g/mol. The molecule has 5 heteroatoms. The minimum absolute atomic E-state index is 0.0387. The molecule has 0 bridgehead atoms. The van der Waals surface area contributed by atoms with Gasteiger partial charge in [0.05, 0.1) is 0 Å². The Balaban J connectivity index is 1.58. The maximum atomic E-state index is 13.5. The van der Waals surface area contributed by atoms with Gasteiger partial charge in [0.2, 0.25) is 5.76 Å². The highest BCUT2D eigenvalue weighted by molar-refractivity contribution is 5.93. The van der Waals surface area contributed by atoms with Crippen molar-refractivity contribution in [2.24, 2.45) is 0 Å². The van der Waals surface area contributed by atoms with E-state index >= 15 is 0 Å². The molecule has 0 saturated heterocycles. The third kappa shape index (κ3) is 4.29. The molecule has 5 nitrogen and oxygen atoms in total. The Hall–Kier alpha value is -2.04. The average Bonchev–Trinajstić information content (AvgIpc) is 3.42. The van der Waals surface area contributed by atoms with Gasteiger partial charge in [0.25, 0.3) is 5.91 Å². The van der Waals surface area contributed by atoms with Gasteiger partial charge in [0.15, 0.2) is 11.5 Å². The summed E-state index contributed by atoms with van der Waals surface area (Å²) in [5, 5.41) is 4.17. The molecular formula is C24H34N2O3. The van der Waals surface area contributed by atoms with Crippen molar-refractivity contribution in [3.05, 3.63) is 29.2 Å². The molecule has 4 rings (SSSR count). The molecule has 0 radical (unpaired) electrons. The van der Waals surface area contributed by atoms with Crippen molar-refractivity contribution in [1.82, 2.24) is 10.1 Å². The van der Waals surface area contributed by atoms with Gasteiger partial charge in [-0.1, -0.05) is 57.5 Å². The summed E-state index contributed by atoms with van der Waals surface area (Å²) in [6.45, 7) is 4.21. The lowest BCUT2D eigenvalue weighted by Crippen LogP contribution is -2.48. The van der Waals surface area contributed by atoms with Crippen LogP contribution in [-0.4, -0.2) is 28.0 Å². The van der Waals surface area contributed by atoms with Crippen LogP contribution in [0.25, 0.3) is 11.5 Å². The molecule has 29 heavy (non-hydrogen) atoms. The summed E-state index contributed by atoms with van der Waals surface area (Å²) in [5.74, 6) is 2.25. The standard InChI is InChI=1S/C24H34N2O3/c1-3-17-15-22(28-21(17)4-2)23-16-20(25-29-23)24(27)26(18-11-7-5-8-12-18)19-13-9-6-10-14-19/h15-16,18-19H,3-14H2,1-2H3. The Morgan fingerprint density at radius 2 is 1.55 bits per heavy atom. The fourth-order valence-electron chi connectivity index (χ4n) is 5.16. The SMILES string of the molecule is CCc1cc(-c2cc(C(=O)N(C3CCCCC3)C3CCCCC3)no2)oc1CC. The molecule has 2 aromatic heterocycles. The third-order valence-electron chi connectivity index (χ3n) is 6.74. The van der Waals surface area contributed by atoms with Crippen LogP contribution < -0.4 is 0 Å². The number of nitrogens with zero attached hydrogens (tertiary/aromatic N) is 2. The molecule has 158 valence electrons. The highest BCUT2D eigenvalue weighted by Crippen LogP contribution is 2.33. The van der Waals surface area contributed by atoms with Gasteiger partial charge in [-0.25, -0.2) is 0 Å². The molecule has 0 aromatic carbocycles. The van der Waals surface area contributed by atoms with Crippen LogP contribution in [0.4, 0.5) is 0 Å². The first kappa shape index (κ1) is 20.2. The van der Waals surface area contributed by atoms with Crippen LogP contribution in [0.15, 0.2) is 21.1 Å². The van der Waals surface area contributed by atoms with Gasteiger partial charge < -0.3 is 13.8 Å². The molecule has 2 aliphatic carbocycles. The second-order valence-electron chi connectivity index (χ2n) is 8.64. The average molecular weight is 399 g/mol.